The van der Waals surface area contributed by atoms with E-state index in [1.54, 1.807) is 0 Å². The van der Waals surface area contributed by atoms with E-state index in [4.69, 9.17) is 20.0 Å². The summed E-state index contributed by atoms with van der Waals surface area (Å²) in [5.41, 5.74) is 0. The molecule has 0 amide bonds. The number of hydrogen-bond donors (Lipinski definition) is 4. The first-order chi connectivity index (χ1) is 9.37. The predicted molar refractivity (Wildman–Crippen MR) is 74.2 cm³/mol. The van der Waals surface area contributed by atoms with E-state index < -0.39 is 16.1 Å². The Morgan fingerprint density at radius 3 is 1.90 bits per heavy atom. The molecule has 0 aromatic rings. The summed E-state index contributed by atoms with van der Waals surface area (Å²) in [6.07, 6.45) is 6.32. The largest absolute Gasteiger partial charge is 0.708 e. The maximum absolute atomic E-state index is 10.8. The smallest absolute Gasteiger partial charge is 0.394 e. The molecule has 0 rings (SSSR count). The van der Waals surface area contributed by atoms with Gasteiger partial charge in [0.15, 0.2) is 0 Å². The van der Waals surface area contributed by atoms with Crippen molar-refractivity contribution < 1.29 is 59.7 Å². The van der Waals surface area contributed by atoms with Crippen molar-refractivity contribution in [3.8, 4) is 0 Å². The van der Waals surface area contributed by atoms with E-state index in [2.05, 4.69) is 15.8 Å². The maximum Gasteiger partial charge on any atom is 0.708 e. The molecule has 0 aliphatic carbocycles. The quantitative estimate of drug-likeness (QED) is 0.242. The summed E-state index contributed by atoms with van der Waals surface area (Å²) in [7, 11) is -7.41. The Morgan fingerprint density at radius 2 is 1.48 bits per heavy atom. The van der Waals surface area contributed by atoms with E-state index in [0.29, 0.717) is 0 Å². The number of unbranched alkanes of at least 4 members (excludes halogenated alkanes) is 5. The zero-order chi connectivity index (χ0) is 15.9. The topological polar surface area (TPSA) is 134 Å². The Morgan fingerprint density at radius 1 is 1.00 bits per heavy atom. The van der Waals surface area contributed by atoms with Crippen LogP contribution in [0.5, 0.6) is 0 Å². The van der Waals surface area contributed by atoms with Crippen LogP contribution < -0.4 is 0 Å². The van der Waals surface area contributed by atoms with Crippen molar-refractivity contribution in [1.82, 2.24) is 0 Å². The number of phosphoric acid groups is 1. The van der Waals surface area contributed by atoms with E-state index in [1.807, 2.05) is 0 Å². The van der Waals surface area contributed by atoms with Gasteiger partial charge in [0, 0.05) is 26.3 Å². The number of aliphatic hydroxyl groups excluding tert-OH is 2. The Balaban J connectivity index is -0.000000572. The second kappa shape index (κ2) is 18.9. The molecule has 0 radical (unpaired) electrons. The first kappa shape index (κ1) is 26.7. The van der Waals surface area contributed by atoms with Crippen molar-refractivity contribution in [1.29, 1.82) is 0 Å². The van der Waals surface area contributed by atoms with Gasteiger partial charge < -0.3 is 20.0 Å². The Kier molecular flexibility index (Phi) is 24.0. The fourth-order valence-corrected chi connectivity index (χ4v) is 2.29. The third kappa shape index (κ3) is 29.5. The van der Waals surface area contributed by atoms with Gasteiger partial charge in [-0.3, -0.25) is 0 Å². The number of hydrogen-bond acceptors (Lipinski definition) is 6. The fourth-order valence-electron chi connectivity index (χ4n) is 1.13. The molecule has 0 aromatic carbocycles. The van der Waals surface area contributed by atoms with Gasteiger partial charge in [-0.25, -0.2) is 4.57 Å². The van der Waals surface area contributed by atoms with Gasteiger partial charge in [0.05, 0.1) is 13.2 Å². The molecule has 8 nitrogen and oxygen atoms in total. The molecule has 0 bridgehead atoms. The van der Waals surface area contributed by atoms with Crippen LogP contribution in [-0.2, 0) is 39.7 Å². The summed E-state index contributed by atoms with van der Waals surface area (Å²) in [6, 6.07) is 0. The van der Waals surface area contributed by atoms with Crippen LogP contribution in [0.1, 0.15) is 45.4 Å². The van der Waals surface area contributed by atoms with E-state index in [0.717, 1.165) is 19.3 Å². The van der Waals surface area contributed by atoms with Crippen LogP contribution in [-0.4, -0.2) is 39.8 Å². The van der Waals surface area contributed by atoms with Gasteiger partial charge in [-0.05, 0) is 10.7 Å². The molecule has 11 heteroatoms. The van der Waals surface area contributed by atoms with Gasteiger partial charge in [-0.1, -0.05) is 39.0 Å². The van der Waals surface area contributed by atoms with E-state index in [-0.39, 0.29) is 41.5 Å². The van der Waals surface area contributed by atoms with Crippen LogP contribution in [0.4, 0.5) is 0 Å². The Bertz CT molecular complexity index is 272. The van der Waals surface area contributed by atoms with Crippen molar-refractivity contribution in [2.24, 2.45) is 0 Å². The van der Waals surface area contributed by atoms with Crippen molar-refractivity contribution in [2.75, 3.05) is 19.8 Å². The molecular weight excluding hydrogens is 358 g/mol. The second-order valence-electron chi connectivity index (χ2n) is 3.84. The average molecular weight is 383 g/mol. The van der Waals surface area contributed by atoms with Crippen LogP contribution >= 0.6 is 16.1 Å². The molecule has 0 aliphatic heterocycles. The Labute approximate surface area is 141 Å². The molecule has 0 aliphatic rings. The molecule has 0 saturated carbocycles. The summed E-state index contributed by atoms with van der Waals surface area (Å²) in [5, 5.41) is 15.2. The zero-order valence-corrected chi connectivity index (χ0v) is 15.5. The standard InChI is InChI=1S/C8H18O6P2.C2H6O2.Ti/c1-2-3-4-5-6-7-8-13-15(9)14-16(10,11)12;3-1-2-4;/h2-8H2,1H3,(H-,10,11,12);3-4H,1-2H2;/p+1. The minimum absolute atomic E-state index is 0. The number of rotatable bonds is 11. The summed E-state index contributed by atoms with van der Waals surface area (Å²) < 4.78 is 29.5. The molecule has 0 spiro atoms. The third-order valence-electron chi connectivity index (χ3n) is 1.97. The maximum atomic E-state index is 10.8. The molecule has 0 fully saturated rings. The van der Waals surface area contributed by atoms with Crippen molar-refractivity contribution in [2.45, 2.75) is 45.4 Å². The summed E-state index contributed by atoms with van der Waals surface area (Å²) in [4.78, 5) is 16.6. The predicted octanol–water partition coefficient (Wildman–Crippen LogP) is 2.10. The first-order valence-corrected chi connectivity index (χ1v) is 9.07. The van der Waals surface area contributed by atoms with Crippen LogP contribution in [0.15, 0.2) is 0 Å². The first-order valence-electron chi connectivity index (χ1n) is 6.44. The molecule has 1 atom stereocenters. The molecular formula is C10H25O8P2Ti+. The average Bonchev–Trinajstić information content (AvgIpc) is 2.36. The van der Waals surface area contributed by atoms with Crippen LogP contribution in [0.2, 0.25) is 0 Å². The molecule has 0 aromatic heterocycles. The monoisotopic (exact) mass is 383 g/mol. The zero-order valence-electron chi connectivity index (χ0n) is 12.2. The van der Waals surface area contributed by atoms with Gasteiger partial charge in [0.25, 0.3) is 0 Å². The molecule has 1 unspecified atom stereocenters. The van der Waals surface area contributed by atoms with Crippen LogP contribution in [0.25, 0.3) is 0 Å². The van der Waals surface area contributed by atoms with E-state index in [9.17, 15) is 9.13 Å². The van der Waals surface area contributed by atoms with E-state index >= 15 is 0 Å². The summed E-state index contributed by atoms with van der Waals surface area (Å²) in [6.45, 7) is 2.08. The fraction of sp³-hybridized carbons (Fsp3) is 1.00. The van der Waals surface area contributed by atoms with Gasteiger partial charge in [-0.15, -0.1) is 4.52 Å². The molecule has 0 saturated heterocycles. The van der Waals surface area contributed by atoms with Crippen molar-refractivity contribution >= 4 is 16.1 Å². The third-order valence-corrected chi connectivity index (χ3v) is 3.75. The molecule has 126 valence electrons. The van der Waals surface area contributed by atoms with Crippen LogP contribution in [0.3, 0.4) is 0 Å². The van der Waals surface area contributed by atoms with Gasteiger partial charge in [0.1, 0.15) is 6.61 Å². The summed E-state index contributed by atoms with van der Waals surface area (Å²) in [5.74, 6) is 0. The van der Waals surface area contributed by atoms with E-state index in [1.165, 1.54) is 19.3 Å². The van der Waals surface area contributed by atoms with Gasteiger partial charge in [0.2, 0.25) is 0 Å². The minimum Gasteiger partial charge on any atom is -0.394 e. The SMILES string of the molecule is CCCCCCCCO[P+](=O)OP(=O)(O)O.OCCO.[Ti]. The minimum atomic E-state index is -4.70. The summed E-state index contributed by atoms with van der Waals surface area (Å²) >= 11 is 0. The Hall–Kier alpha value is 0.804. The normalized spacial score (nSPS) is 11.2. The van der Waals surface area contributed by atoms with Gasteiger partial charge in [-0.2, -0.15) is 0 Å². The molecule has 4 N–H and O–H groups in total. The second-order valence-corrected chi connectivity index (χ2v) is 6.18. The van der Waals surface area contributed by atoms with Crippen molar-refractivity contribution in [3.05, 3.63) is 0 Å². The molecule has 21 heavy (non-hydrogen) atoms. The van der Waals surface area contributed by atoms with Crippen molar-refractivity contribution in [3.63, 3.8) is 0 Å². The van der Waals surface area contributed by atoms with Gasteiger partial charge >= 0.3 is 16.1 Å². The number of aliphatic hydroxyl groups is 2. The molecule has 0 heterocycles. The van der Waals surface area contributed by atoms with Crippen LogP contribution in [0, 0.1) is 0 Å².